The summed E-state index contributed by atoms with van der Waals surface area (Å²) in [5.41, 5.74) is 0.424. The average molecular weight is 294 g/mol. The van der Waals surface area contributed by atoms with Crippen molar-refractivity contribution in [3.63, 3.8) is 0 Å². The van der Waals surface area contributed by atoms with Gasteiger partial charge >= 0.3 is 0 Å². The Kier molecular flexibility index (Phi) is 3.61. The number of nitrogens with one attached hydrogen (secondary N) is 1. The first-order valence-corrected chi connectivity index (χ1v) is 7.21. The first kappa shape index (κ1) is 13.4. The van der Waals surface area contributed by atoms with Gasteiger partial charge in [0.25, 0.3) is 5.91 Å². The highest BCUT2D eigenvalue weighted by atomic mass is 35.5. The number of rotatable bonds is 1. The molecule has 2 atom stereocenters. The Balaban J connectivity index is 1.68. The zero-order valence-corrected chi connectivity index (χ0v) is 11.8. The highest BCUT2D eigenvalue weighted by Gasteiger charge is 2.35. The van der Waals surface area contributed by atoms with Gasteiger partial charge in [-0.1, -0.05) is 11.6 Å². The van der Waals surface area contributed by atoms with E-state index in [0.29, 0.717) is 36.1 Å². The molecule has 2 aliphatic heterocycles. The largest absolute Gasteiger partial charge is 0.353 e. The number of likely N-dealkylation sites (tertiary alicyclic amines) is 1. The number of fused-ring (bicyclic) bond motifs is 1. The minimum atomic E-state index is -0.0583. The van der Waals surface area contributed by atoms with Gasteiger partial charge in [0, 0.05) is 31.7 Å². The molecule has 2 saturated heterocycles. The molecular formula is C14H16ClN3O2. The fourth-order valence-corrected chi connectivity index (χ4v) is 3.07. The number of pyridine rings is 1. The van der Waals surface area contributed by atoms with E-state index in [0.717, 1.165) is 12.8 Å². The molecule has 2 amide bonds. The summed E-state index contributed by atoms with van der Waals surface area (Å²) in [4.78, 5) is 29.7. The van der Waals surface area contributed by atoms with E-state index in [1.54, 1.807) is 12.1 Å². The summed E-state index contributed by atoms with van der Waals surface area (Å²) in [6, 6.07) is 3.55. The van der Waals surface area contributed by atoms with Crippen molar-refractivity contribution in [1.29, 1.82) is 0 Å². The Morgan fingerprint density at radius 3 is 3.00 bits per heavy atom. The van der Waals surface area contributed by atoms with Gasteiger partial charge in [-0.05, 0) is 30.9 Å². The molecule has 1 N–H and O–H groups in total. The molecule has 0 spiro atoms. The summed E-state index contributed by atoms with van der Waals surface area (Å²) in [7, 11) is 0. The van der Waals surface area contributed by atoms with Crippen molar-refractivity contribution in [1.82, 2.24) is 15.2 Å². The fraction of sp³-hybridized carbons (Fsp3) is 0.500. The maximum atomic E-state index is 12.4. The van der Waals surface area contributed by atoms with Crippen LogP contribution in [0, 0.1) is 5.92 Å². The Hall–Kier alpha value is -1.62. The van der Waals surface area contributed by atoms with E-state index in [2.05, 4.69) is 10.3 Å². The molecule has 3 heterocycles. The second kappa shape index (κ2) is 5.40. The van der Waals surface area contributed by atoms with Crippen molar-refractivity contribution in [2.75, 3.05) is 13.1 Å². The van der Waals surface area contributed by atoms with Gasteiger partial charge < -0.3 is 10.2 Å². The Morgan fingerprint density at radius 2 is 2.25 bits per heavy atom. The summed E-state index contributed by atoms with van der Waals surface area (Å²) in [5, 5.41) is 3.54. The predicted octanol–water partition coefficient (Wildman–Crippen LogP) is 1.48. The predicted molar refractivity (Wildman–Crippen MR) is 74.4 cm³/mol. The average Bonchev–Trinajstić information content (AvgIpc) is 2.47. The molecule has 2 fully saturated rings. The van der Waals surface area contributed by atoms with Crippen LogP contribution in [0.3, 0.4) is 0 Å². The van der Waals surface area contributed by atoms with Gasteiger partial charge in [-0.2, -0.15) is 0 Å². The summed E-state index contributed by atoms with van der Waals surface area (Å²) in [6.07, 6.45) is 3.72. The third-order valence-corrected chi connectivity index (χ3v) is 4.28. The highest BCUT2D eigenvalue weighted by Crippen LogP contribution is 2.26. The second-order valence-electron chi connectivity index (χ2n) is 5.37. The van der Waals surface area contributed by atoms with E-state index in [-0.39, 0.29) is 17.9 Å². The quantitative estimate of drug-likeness (QED) is 0.853. The molecule has 0 aliphatic carbocycles. The number of hydrogen-bond acceptors (Lipinski definition) is 3. The summed E-state index contributed by atoms with van der Waals surface area (Å²) < 4.78 is 0. The molecule has 0 saturated carbocycles. The maximum Gasteiger partial charge on any atom is 0.272 e. The monoisotopic (exact) mass is 293 g/mol. The molecule has 1 aromatic rings. The van der Waals surface area contributed by atoms with Crippen molar-refractivity contribution >= 4 is 23.4 Å². The summed E-state index contributed by atoms with van der Waals surface area (Å²) in [5.74, 6) is 0.431. The van der Waals surface area contributed by atoms with E-state index in [9.17, 15) is 9.59 Å². The maximum absolute atomic E-state index is 12.4. The van der Waals surface area contributed by atoms with Gasteiger partial charge in [0.15, 0.2) is 0 Å². The molecular weight excluding hydrogens is 278 g/mol. The van der Waals surface area contributed by atoms with E-state index in [1.165, 1.54) is 6.20 Å². The standard InChI is InChI=1S/C14H16ClN3O2/c15-10-2-3-12(16-7-10)14(20)18-6-5-11-9(8-18)1-4-13(19)17-11/h2-3,7,9,11H,1,4-6,8H2,(H,17,19). The normalized spacial score (nSPS) is 25.9. The van der Waals surface area contributed by atoms with Gasteiger partial charge in [-0.3, -0.25) is 9.59 Å². The number of carbonyl (C=O) groups excluding carboxylic acids is 2. The molecule has 0 aromatic carbocycles. The molecule has 5 nitrogen and oxygen atoms in total. The summed E-state index contributed by atoms with van der Waals surface area (Å²) in [6.45, 7) is 1.35. The van der Waals surface area contributed by atoms with E-state index in [1.807, 2.05) is 4.90 Å². The minimum Gasteiger partial charge on any atom is -0.353 e. The lowest BCUT2D eigenvalue weighted by atomic mass is 9.85. The second-order valence-corrected chi connectivity index (χ2v) is 5.81. The van der Waals surface area contributed by atoms with Crippen LogP contribution in [0.15, 0.2) is 18.3 Å². The van der Waals surface area contributed by atoms with E-state index < -0.39 is 0 Å². The first-order chi connectivity index (χ1) is 9.63. The van der Waals surface area contributed by atoms with Crippen LogP contribution in [0.25, 0.3) is 0 Å². The number of piperidine rings is 2. The van der Waals surface area contributed by atoms with Crippen molar-refractivity contribution in [3.05, 3.63) is 29.0 Å². The number of nitrogens with zero attached hydrogens (tertiary/aromatic N) is 2. The molecule has 2 aliphatic rings. The van der Waals surface area contributed by atoms with Crippen molar-refractivity contribution in [2.24, 2.45) is 5.92 Å². The SMILES string of the molecule is O=C1CCC2CN(C(=O)c3ccc(Cl)cn3)CCC2N1. The fourth-order valence-electron chi connectivity index (χ4n) is 2.96. The number of hydrogen-bond donors (Lipinski definition) is 1. The zero-order chi connectivity index (χ0) is 14.1. The first-order valence-electron chi connectivity index (χ1n) is 6.83. The smallest absolute Gasteiger partial charge is 0.272 e. The van der Waals surface area contributed by atoms with Gasteiger partial charge in [0.1, 0.15) is 5.69 Å². The van der Waals surface area contributed by atoms with Crippen LogP contribution in [0.1, 0.15) is 29.8 Å². The van der Waals surface area contributed by atoms with E-state index >= 15 is 0 Å². The lowest BCUT2D eigenvalue weighted by Crippen LogP contribution is -2.55. The molecule has 6 heteroatoms. The molecule has 20 heavy (non-hydrogen) atoms. The molecule has 0 radical (unpaired) electrons. The van der Waals surface area contributed by atoms with Crippen LogP contribution in [0.4, 0.5) is 0 Å². The minimum absolute atomic E-state index is 0.0583. The Morgan fingerprint density at radius 1 is 1.40 bits per heavy atom. The van der Waals surface area contributed by atoms with Gasteiger partial charge in [0.05, 0.1) is 5.02 Å². The number of aromatic nitrogens is 1. The summed E-state index contributed by atoms with van der Waals surface area (Å²) >= 11 is 5.78. The molecule has 1 aromatic heterocycles. The number of halogens is 1. The molecule has 0 bridgehead atoms. The lowest BCUT2D eigenvalue weighted by molar-refractivity contribution is -0.125. The Labute approximate surface area is 122 Å². The lowest BCUT2D eigenvalue weighted by Gasteiger charge is -2.41. The van der Waals surface area contributed by atoms with Crippen LogP contribution in [0.2, 0.25) is 5.02 Å². The van der Waals surface area contributed by atoms with Crippen LogP contribution < -0.4 is 5.32 Å². The highest BCUT2D eigenvalue weighted by molar-refractivity contribution is 6.30. The van der Waals surface area contributed by atoms with Gasteiger partial charge in [-0.25, -0.2) is 4.98 Å². The van der Waals surface area contributed by atoms with Crippen molar-refractivity contribution < 1.29 is 9.59 Å². The van der Waals surface area contributed by atoms with Crippen LogP contribution in [0.5, 0.6) is 0 Å². The van der Waals surface area contributed by atoms with Crippen LogP contribution in [-0.2, 0) is 4.79 Å². The number of amides is 2. The third kappa shape index (κ3) is 2.63. The van der Waals surface area contributed by atoms with Gasteiger partial charge in [-0.15, -0.1) is 0 Å². The molecule has 2 unspecified atom stereocenters. The Bertz CT molecular complexity index is 532. The van der Waals surface area contributed by atoms with Crippen molar-refractivity contribution in [3.8, 4) is 0 Å². The molecule has 106 valence electrons. The topological polar surface area (TPSA) is 62.3 Å². The van der Waals surface area contributed by atoms with Gasteiger partial charge in [0.2, 0.25) is 5.91 Å². The van der Waals surface area contributed by atoms with Crippen LogP contribution >= 0.6 is 11.6 Å². The third-order valence-electron chi connectivity index (χ3n) is 4.06. The molecule has 3 rings (SSSR count). The van der Waals surface area contributed by atoms with E-state index in [4.69, 9.17) is 11.6 Å². The number of carbonyl (C=O) groups is 2. The zero-order valence-electron chi connectivity index (χ0n) is 11.0. The van der Waals surface area contributed by atoms with Crippen LogP contribution in [-0.4, -0.2) is 40.8 Å². The van der Waals surface area contributed by atoms with Crippen molar-refractivity contribution in [2.45, 2.75) is 25.3 Å².